The van der Waals surface area contributed by atoms with Crippen LogP contribution in [0.4, 0.5) is 5.69 Å². The van der Waals surface area contributed by atoms with Gasteiger partial charge < -0.3 is 9.47 Å². The summed E-state index contributed by atoms with van der Waals surface area (Å²) in [5.74, 6) is -0.757. The van der Waals surface area contributed by atoms with E-state index in [0.29, 0.717) is 6.29 Å². The third kappa shape index (κ3) is 3.88. The van der Waals surface area contributed by atoms with Crippen LogP contribution in [-0.2, 0) is 0 Å². The molecule has 24 heavy (non-hydrogen) atoms. The van der Waals surface area contributed by atoms with Crippen molar-refractivity contribution in [2.45, 2.75) is 6.92 Å². The first-order valence-corrected chi connectivity index (χ1v) is 7.22. The maximum atomic E-state index is 12.2. The average molecular weight is 350 g/mol. The van der Waals surface area contributed by atoms with Crippen molar-refractivity contribution in [3.05, 3.63) is 62.7 Å². The fourth-order valence-electron chi connectivity index (χ4n) is 1.92. The first-order valence-electron chi connectivity index (χ1n) is 6.84. The Morgan fingerprint density at radius 2 is 2.08 bits per heavy atom. The van der Waals surface area contributed by atoms with Gasteiger partial charge in [-0.05, 0) is 25.1 Å². The van der Waals surface area contributed by atoms with E-state index in [9.17, 15) is 19.7 Å². The molecule has 0 spiro atoms. The number of non-ortho nitro benzene ring substituents is 1. The predicted octanol–water partition coefficient (Wildman–Crippen LogP) is 3.68. The van der Waals surface area contributed by atoms with E-state index in [4.69, 9.17) is 21.1 Å². The Kier molecular flexibility index (Phi) is 5.49. The van der Waals surface area contributed by atoms with Crippen LogP contribution >= 0.6 is 11.6 Å². The molecule has 0 bridgehead atoms. The lowest BCUT2D eigenvalue weighted by Crippen LogP contribution is -2.10. The molecule has 2 aromatic rings. The standard InChI is InChI=1S/C16H12ClNO6/c1-2-23-14-7-10(9-19)6-13(17)15(14)24-16(20)11-4-3-5-12(8-11)18(21)22/h3-9H,2H2,1H3. The van der Waals surface area contributed by atoms with E-state index < -0.39 is 10.9 Å². The molecule has 0 aromatic heterocycles. The van der Waals surface area contributed by atoms with Crippen molar-refractivity contribution in [3.63, 3.8) is 0 Å². The molecule has 0 radical (unpaired) electrons. The fraction of sp³-hybridized carbons (Fsp3) is 0.125. The third-order valence-electron chi connectivity index (χ3n) is 2.96. The second-order valence-electron chi connectivity index (χ2n) is 4.58. The van der Waals surface area contributed by atoms with Gasteiger partial charge in [-0.2, -0.15) is 0 Å². The van der Waals surface area contributed by atoms with Crippen molar-refractivity contribution in [2.75, 3.05) is 6.61 Å². The molecule has 0 heterocycles. The number of rotatable bonds is 6. The van der Waals surface area contributed by atoms with Gasteiger partial charge in [-0.3, -0.25) is 14.9 Å². The van der Waals surface area contributed by atoms with E-state index in [1.165, 1.54) is 30.3 Å². The van der Waals surface area contributed by atoms with Crippen molar-refractivity contribution >= 4 is 29.5 Å². The van der Waals surface area contributed by atoms with Crippen molar-refractivity contribution in [1.29, 1.82) is 0 Å². The van der Waals surface area contributed by atoms with Crippen LogP contribution in [0.1, 0.15) is 27.6 Å². The quantitative estimate of drug-likeness (QED) is 0.259. The van der Waals surface area contributed by atoms with Crippen molar-refractivity contribution < 1.29 is 24.0 Å². The molecule has 8 heteroatoms. The molecule has 124 valence electrons. The molecule has 0 aliphatic heterocycles. The van der Waals surface area contributed by atoms with Gasteiger partial charge in [0, 0.05) is 17.7 Å². The molecule has 0 saturated heterocycles. The van der Waals surface area contributed by atoms with E-state index >= 15 is 0 Å². The average Bonchev–Trinajstić information content (AvgIpc) is 2.57. The summed E-state index contributed by atoms with van der Waals surface area (Å²) in [6, 6.07) is 7.81. The second-order valence-corrected chi connectivity index (χ2v) is 4.99. The van der Waals surface area contributed by atoms with Gasteiger partial charge in [0.15, 0.2) is 11.5 Å². The highest BCUT2D eigenvalue weighted by atomic mass is 35.5. The molecule has 0 amide bonds. The molecule has 0 saturated carbocycles. The molecule has 0 unspecified atom stereocenters. The zero-order valence-corrected chi connectivity index (χ0v) is 13.3. The minimum atomic E-state index is -0.833. The summed E-state index contributed by atoms with van der Waals surface area (Å²) in [5.41, 5.74) is 0.0117. The van der Waals surface area contributed by atoms with Gasteiger partial charge in [-0.15, -0.1) is 0 Å². The van der Waals surface area contributed by atoms with Gasteiger partial charge in [-0.1, -0.05) is 17.7 Å². The first-order chi connectivity index (χ1) is 11.5. The van der Waals surface area contributed by atoms with Gasteiger partial charge >= 0.3 is 5.97 Å². The molecule has 0 aliphatic carbocycles. The Morgan fingerprint density at radius 1 is 1.33 bits per heavy atom. The van der Waals surface area contributed by atoms with Gasteiger partial charge in [0.25, 0.3) is 5.69 Å². The van der Waals surface area contributed by atoms with Crippen molar-refractivity contribution in [2.24, 2.45) is 0 Å². The number of hydrogen-bond acceptors (Lipinski definition) is 6. The molecule has 0 aliphatic rings. The number of ether oxygens (including phenoxy) is 2. The largest absolute Gasteiger partial charge is 0.490 e. The van der Waals surface area contributed by atoms with Crippen LogP contribution in [0.15, 0.2) is 36.4 Å². The summed E-state index contributed by atoms with van der Waals surface area (Å²) < 4.78 is 10.5. The number of nitro groups is 1. The Labute approximate surface area is 141 Å². The fourth-order valence-corrected chi connectivity index (χ4v) is 2.17. The number of benzene rings is 2. The minimum Gasteiger partial charge on any atom is -0.490 e. The lowest BCUT2D eigenvalue weighted by molar-refractivity contribution is -0.384. The van der Waals surface area contributed by atoms with E-state index in [-0.39, 0.29) is 39.9 Å². The van der Waals surface area contributed by atoms with Crippen molar-refractivity contribution in [1.82, 2.24) is 0 Å². The number of carbonyl (C=O) groups excluding carboxylic acids is 2. The third-order valence-corrected chi connectivity index (χ3v) is 3.24. The maximum Gasteiger partial charge on any atom is 0.343 e. The highest BCUT2D eigenvalue weighted by molar-refractivity contribution is 6.32. The Balaban J connectivity index is 2.36. The zero-order chi connectivity index (χ0) is 17.7. The number of aldehydes is 1. The second kappa shape index (κ2) is 7.56. The number of carbonyl (C=O) groups is 2. The maximum absolute atomic E-state index is 12.2. The van der Waals surface area contributed by atoms with Gasteiger partial charge in [-0.25, -0.2) is 4.79 Å². The van der Waals surface area contributed by atoms with E-state index in [0.717, 1.165) is 6.07 Å². The Bertz CT molecular complexity index is 805. The summed E-state index contributed by atoms with van der Waals surface area (Å²) >= 11 is 6.04. The van der Waals surface area contributed by atoms with Gasteiger partial charge in [0.2, 0.25) is 0 Å². The molecule has 0 N–H and O–H groups in total. The van der Waals surface area contributed by atoms with Crippen LogP contribution < -0.4 is 9.47 Å². The molecule has 2 aromatic carbocycles. The number of halogens is 1. The van der Waals surface area contributed by atoms with E-state index in [1.807, 2.05) is 0 Å². The monoisotopic (exact) mass is 349 g/mol. The number of nitro benzene ring substituents is 1. The van der Waals surface area contributed by atoms with Gasteiger partial charge in [0.05, 0.1) is 22.1 Å². The van der Waals surface area contributed by atoms with Crippen LogP contribution in [0.3, 0.4) is 0 Å². The van der Waals surface area contributed by atoms with Gasteiger partial charge in [0.1, 0.15) is 6.29 Å². The van der Waals surface area contributed by atoms with E-state index in [1.54, 1.807) is 6.92 Å². The molecule has 2 rings (SSSR count). The van der Waals surface area contributed by atoms with Crippen LogP contribution in [0.5, 0.6) is 11.5 Å². The normalized spacial score (nSPS) is 10.1. The summed E-state index contributed by atoms with van der Waals surface area (Å²) in [6.45, 7) is 1.98. The molecular formula is C16H12ClNO6. The summed E-state index contributed by atoms with van der Waals surface area (Å²) in [5, 5.41) is 10.8. The number of nitrogens with zero attached hydrogens (tertiary/aromatic N) is 1. The van der Waals surface area contributed by atoms with Crippen molar-refractivity contribution in [3.8, 4) is 11.5 Å². The molecular weight excluding hydrogens is 338 g/mol. The number of hydrogen-bond donors (Lipinski definition) is 0. The van der Waals surface area contributed by atoms with Crippen LogP contribution in [-0.4, -0.2) is 23.8 Å². The van der Waals surface area contributed by atoms with Crippen LogP contribution in [0.25, 0.3) is 0 Å². The smallest absolute Gasteiger partial charge is 0.343 e. The summed E-state index contributed by atoms with van der Waals surface area (Å²) in [6.07, 6.45) is 0.584. The summed E-state index contributed by atoms with van der Waals surface area (Å²) in [7, 11) is 0. The topological polar surface area (TPSA) is 95.7 Å². The van der Waals surface area contributed by atoms with E-state index in [2.05, 4.69) is 0 Å². The Morgan fingerprint density at radius 3 is 2.71 bits per heavy atom. The lowest BCUT2D eigenvalue weighted by atomic mass is 10.2. The zero-order valence-electron chi connectivity index (χ0n) is 12.5. The Hall–Kier alpha value is -2.93. The highest BCUT2D eigenvalue weighted by Crippen LogP contribution is 2.37. The SMILES string of the molecule is CCOc1cc(C=O)cc(Cl)c1OC(=O)c1cccc([N+](=O)[O-])c1. The summed E-state index contributed by atoms with van der Waals surface area (Å²) in [4.78, 5) is 33.3. The minimum absolute atomic E-state index is 0.0119. The molecule has 0 atom stereocenters. The van der Waals surface area contributed by atoms with Crippen LogP contribution in [0, 0.1) is 10.1 Å². The predicted molar refractivity (Wildman–Crippen MR) is 86.1 cm³/mol. The lowest BCUT2D eigenvalue weighted by Gasteiger charge is -2.12. The number of esters is 1. The molecule has 7 nitrogen and oxygen atoms in total. The first kappa shape index (κ1) is 17.4. The molecule has 0 fully saturated rings. The van der Waals surface area contributed by atoms with Crippen LogP contribution in [0.2, 0.25) is 5.02 Å². The highest BCUT2D eigenvalue weighted by Gasteiger charge is 2.19.